The van der Waals surface area contributed by atoms with Gasteiger partial charge in [-0.25, -0.2) is 0 Å². The van der Waals surface area contributed by atoms with Gasteiger partial charge < -0.3 is 5.73 Å². The molecule has 0 radical (unpaired) electrons. The summed E-state index contributed by atoms with van der Waals surface area (Å²) < 4.78 is 0. The molecule has 2 saturated carbocycles. The van der Waals surface area contributed by atoms with Gasteiger partial charge in [0.2, 0.25) is 0 Å². The van der Waals surface area contributed by atoms with Crippen molar-refractivity contribution in [3.8, 4) is 0 Å². The Balaban J connectivity index is 1.70. The van der Waals surface area contributed by atoms with E-state index in [2.05, 4.69) is 29.3 Å². The van der Waals surface area contributed by atoms with Gasteiger partial charge in [0.05, 0.1) is 0 Å². The average Bonchev–Trinajstić information content (AvgIpc) is 3.16. The highest BCUT2D eigenvalue weighted by Gasteiger charge is 2.38. The molecule has 2 aliphatic rings. The molecule has 1 aromatic heterocycles. The second kappa shape index (κ2) is 6.59. The summed E-state index contributed by atoms with van der Waals surface area (Å²) in [5, 5.41) is 2.19. The summed E-state index contributed by atoms with van der Waals surface area (Å²) in [6, 6.07) is 5.86. The molecule has 2 N–H and O–H groups in total. The minimum atomic E-state index is 0.604. The Morgan fingerprint density at radius 1 is 1.35 bits per heavy atom. The first-order chi connectivity index (χ1) is 9.78. The lowest BCUT2D eigenvalue weighted by molar-refractivity contribution is 0.0950. The van der Waals surface area contributed by atoms with Crippen molar-refractivity contribution in [3.63, 3.8) is 0 Å². The van der Waals surface area contributed by atoms with Gasteiger partial charge >= 0.3 is 0 Å². The normalized spacial score (nSPS) is 28.8. The third kappa shape index (κ3) is 3.44. The predicted molar refractivity (Wildman–Crippen MR) is 86.8 cm³/mol. The zero-order valence-corrected chi connectivity index (χ0v) is 13.4. The zero-order valence-electron chi connectivity index (χ0n) is 12.6. The van der Waals surface area contributed by atoms with Crippen LogP contribution in [-0.4, -0.2) is 23.5 Å². The molecule has 0 amide bonds. The Morgan fingerprint density at radius 2 is 2.20 bits per heavy atom. The van der Waals surface area contributed by atoms with Crippen LogP contribution in [0.4, 0.5) is 0 Å². The van der Waals surface area contributed by atoms with Crippen molar-refractivity contribution in [1.82, 2.24) is 4.90 Å². The highest BCUT2D eigenvalue weighted by molar-refractivity contribution is 7.09. The first-order valence-electron chi connectivity index (χ1n) is 8.26. The topological polar surface area (TPSA) is 29.3 Å². The van der Waals surface area contributed by atoms with Crippen LogP contribution >= 0.6 is 11.3 Å². The SMILES string of the molecule is CC1CCCC(C(CN)N(Cc2cccs2)C2CC2)C1. The van der Waals surface area contributed by atoms with Gasteiger partial charge in [0.1, 0.15) is 0 Å². The lowest BCUT2D eigenvalue weighted by Crippen LogP contribution is -2.47. The maximum absolute atomic E-state index is 6.21. The summed E-state index contributed by atoms with van der Waals surface area (Å²) in [4.78, 5) is 4.24. The van der Waals surface area contributed by atoms with Crippen molar-refractivity contribution in [2.45, 2.75) is 64.1 Å². The Hall–Kier alpha value is -0.380. The van der Waals surface area contributed by atoms with Crippen molar-refractivity contribution in [2.75, 3.05) is 6.54 Å². The quantitative estimate of drug-likeness (QED) is 0.862. The van der Waals surface area contributed by atoms with Crippen molar-refractivity contribution in [3.05, 3.63) is 22.4 Å². The Morgan fingerprint density at radius 3 is 2.80 bits per heavy atom. The van der Waals surface area contributed by atoms with E-state index >= 15 is 0 Å². The molecule has 3 unspecified atom stereocenters. The largest absolute Gasteiger partial charge is 0.329 e. The Kier molecular flexibility index (Phi) is 4.79. The second-order valence-electron chi connectivity index (χ2n) is 6.82. The standard InChI is InChI=1S/C17H28N2S/c1-13-4-2-5-14(10-13)17(11-18)19(15-7-8-15)12-16-6-3-9-20-16/h3,6,9,13-15,17H,2,4-5,7-8,10-12,18H2,1H3. The molecule has 3 rings (SSSR count). The van der Waals surface area contributed by atoms with Crippen molar-refractivity contribution < 1.29 is 0 Å². The predicted octanol–water partition coefficient (Wildman–Crippen LogP) is 3.87. The molecule has 2 aliphatic carbocycles. The van der Waals surface area contributed by atoms with Crippen LogP contribution in [0.1, 0.15) is 50.3 Å². The Labute approximate surface area is 127 Å². The molecule has 0 aromatic carbocycles. The van der Waals surface area contributed by atoms with Gasteiger partial charge in [-0.1, -0.05) is 25.8 Å². The molecule has 112 valence electrons. The number of hydrogen-bond acceptors (Lipinski definition) is 3. The first kappa shape index (κ1) is 14.6. The van der Waals surface area contributed by atoms with E-state index in [-0.39, 0.29) is 0 Å². The Bertz CT molecular complexity index is 399. The summed E-state index contributed by atoms with van der Waals surface area (Å²) in [5.41, 5.74) is 6.21. The van der Waals surface area contributed by atoms with Gasteiger partial charge in [0.15, 0.2) is 0 Å². The van der Waals surface area contributed by atoms with Gasteiger partial charge in [-0.2, -0.15) is 0 Å². The fourth-order valence-corrected chi connectivity index (χ4v) is 4.65. The third-order valence-corrected chi connectivity index (χ3v) is 5.98. The highest BCUT2D eigenvalue weighted by Crippen LogP contribution is 2.38. The van der Waals surface area contributed by atoms with E-state index in [1.165, 1.54) is 43.4 Å². The smallest absolute Gasteiger partial charge is 0.0334 e. The van der Waals surface area contributed by atoms with Crippen molar-refractivity contribution in [1.29, 1.82) is 0 Å². The van der Waals surface area contributed by atoms with Crippen LogP contribution in [0.5, 0.6) is 0 Å². The van der Waals surface area contributed by atoms with Crippen LogP contribution in [0, 0.1) is 11.8 Å². The van der Waals surface area contributed by atoms with E-state index in [0.717, 1.165) is 31.0 Å². The molecule has 0 saturated heterocycles. The van der Waals surface area contributed by atoms with E-state index in [1.54, 1.807) is 0 Å². The van der Waals surface area contributed by atoms with Crippen LogP contribution in [0.25, 0.3) is 0 Å². The number of rotatable bonds is 6. The fraction of sp³-hybridized carbons (Fsp3) is 0.765. The molecular weight excluding hydrogens is 264 g/mol. The van der Waals surface area contributed by atoms with Gasteiger partial charge in [-0.3, -0.25) is 4.90 Å². The van der Waals surface area contributed by atoms with Gasteiger partial charge in [-0.05, 0) is 49.0 Å². The van der Waals surface area contributed by atoms with Crippen molar-refractivity contribution >= 4 is 11.3 Å². The van der Waals surface area contributed by atoms with Gasteiger partial charge in [-0.15, -0.1) is 11.3 Å². The average molecular weight is 292 g/mol. The summed E-state index contributed by atoms with van der Waals surface area (Å²) in [6.45, 7) is 4.37. The highest BCUT2D eigenvalue weighted by atomic mass is 32.1. The molecule has 0 aliphatic heterocycles. The molecule has 3 atom stereocenters. The van der Waals surface area contributed by atoms with E-state index in [1.807, 2.05) is 11.3 Å². The zero-order chi connectivity index (χ0) is 13.9. The minimum absolute atomic E-state index is 0.604. The third-order valence-electron chi connectivity index (χ3n) is 5.12. The maximum Gasteiger partial charge on any atom is 0.0334 e. The maximum atomic E-state index is 6.21. The van der Waals surface area contributed by atoms with Crippen LogP contribution in [0.2, 0.25) is 0 Å². The summed E-state index contributed by atoms with van der Waals surface area (Å²) in [5.74, 6) is 1.72. The van der Waals surface area contributed by atoms with Gasteiger partial charge in [0, 0.05) is 30.1 Å². The van der Waals surface area contributed by atoms with Crippen LogP contribution < -0.4 is 5.73 Å². The molecule has 20 heavy (non-hydrogen) atoms. The molecule has 0 bridgehead atoms. The van der Waals surface area contributed by atoms with Gasteiger partial charge in [0.25, 0.3) is 0 Å². The van der Waals surface area contributed by atoms with Crippen LogP contribution in [-0.2, 0) is 6.54 Å². The molecular formula is C17H28N2S. The number of hydrogen-bond donors (Lipinski definition) is 1. The number of nitrogens with zero attached hydrogens (tertiary/aromatic N) is 1. The van der Waals surface area contributed by atoms with E-state index in [4.69, 9.17) is 5.73 Å². The fourth-order valence-electron chi connectivity index (χ4n) is 3.93. The van der Waals surface area contributed by atoms with Crippen molar-refractivity contribution in [2.24, 2.45) is 17.6 Å². The number of nitrogens with two attached hydrogens (primary N) is 1. The second-order valence-corrected chi connectivity index (χ2v) is 7.85. The summed E-state index contributed by atoms with van der Waals surface area (Å²) in [7, 11) is 0. The molecule has 2 nitrogen and oxygen atoms in total. The molecule has 1 aromatic rings. The molecule has 1 heterocycles. The van der Waals surface area contributed by atoms with E-state index in [9.17, 15) is 0 Å². The molecule has 2 fully saturated rings. The summed E-state index contributed by atoms with van der Waals surface area (Å²) in [6.07, 6.45) is 8.35. The van der Waals surface area contributed by atoms with Crippen LogP contribution in [0.3, 0.4) is 0 Å². The van der Waals surface area contributed by atoms with E-state index < -0.39 is 0 Å². The first-order valence-corrected chi connectivity index (χ1v) is 9.14. The monoisotopic (exact) mass is 292 g/mol. The molecule has 0 spiro atoms. The lowest BCUT2D eigenvalue weighted by Gasteiger charge is -2.40. The lowest BCUT2D eigenvalue weighted by atomic mass is 9.78. The van der Waals surface area contributed by atoms with E-state index in [0.29, 0.717) is 6.04 Å². The molecule has 3 heteroatoms. The number of thiophene rings is 1. The minimum Gasteiger partial charge on any atom is -0.329 e. The summed E-state index contributed by atoms with van der Waals surface area (Å²) >= 11 is 1.89. The van der Waals surface area contributed by atoms with Crippen LogP contribution in [0.15, 0.2) is 17.5 Å².